The standard InChI is InChI=1S/C18H32O5/c1-8-9-10-21-12-13-11-18(13,14(19)22-16(2,3)4)15(20)23-17(5,6)7/h13H,8-12H2,1-7H3/t13-/m0/s1. The zero-order valence-corrected chi connectivity index (χ0v) is 15.7. The van der Waals surface area contributed by atoms with E-state index in [1.54, 1.807) is 41.5 Å². The first-order valence-corrected chi connectivity index (χ1v) is 8.47. The third-order valence-electron chi connectivity index (χ3n) is 3.59. The van der Waals surface area contributed by atoms with Crippen LogP contribution in [0.2, 0.25) is 0 Å². The Morgan fingerprint density at radius 1 is 1.00 bits per heavy atom. The molecule has 0 aromatic carbocycles. The molecule has 0 bridgehead atoms. The van der Waals surface area contributed by atoms with E-state index in [1.807, 2.05) is 0 Å². The van der Waals surface area contributed by atoms with Gasteiger partial charge in [0.05, 0.1) is 6.61 Å². The predicted molar refractivity (Wildman–Crippen MR) is 88.0 cm³/mol. The van der Waals surface area contributed by atoms with E-state index in [-0.39, 0.29) is 5.92 Å². The Kier molecular flexibility index (Phi) is 6.25. The van der Waals surface area contributed by atoms with E-state index in [0.717, 1.165) is 12.8 Å². The van der Waals surface area contributed by atoms with Crippen LogP contribution in [0.4, 0.5) is 0 Å². The molecule has 134 valence electrons. The molecule has 5 heteroatoms. The Bertz CT molecular complexity index is 400. The molecule has 23 heavy (non-hydrogen) atoms. The monoisotopic (exact) mass is 328 g/mol. The molecule has 1 rings (SSSR count). The number of hydrogen-bond donors (Lipinski definition) is 0. The average Bonchev–Trinajstić information content (AvgIpc) is 3.06. The van der Waals surface area contributed by atoms with Gasteiger partial charge >= 0.3 is 11.9 Å². The molecule has 0 aliphatic heterocycles. The summed E-state index contributed by atoms with van der Waals surface area (Å²) in [5.41, 5.74) is -2.47. The third-order valence-corrected chi connectivity index (χ3v) is 3.59. The van der Waals surface area contributed by atoms with Crippen LogP contribution < -0.4 is 0 Å². The smallest absolute Gasteiger partial charge is 0.324 e. The number of hydrogen-bond acceptors (Lipinski definition) is 5. The number of esters is 2. The molecule has 0 heterocycles. The highest BCUT2D eigenvalue weighted by Gasteiger charge is 2.69. The molecule has 0 amide bonds. The normalized spacial score (nSPS) is 20.0. The van der Waals surface area contributed by atoms with Gasteiger partial charge in [-0.05, 0) is 54.4 Å². The summed E-state index contributed by atoms with van der Waals surface area (Å²) in [6, 6.07) is 0. The fraction of sp³-hybridized carbons (Fsp3) is 0.889. The van der Waals surface area contributed by atoms with Gasteiger partial charge in [0.15, 0.2) is 5.41 Å². The van der Waals surface area contributed by atoms with E-state index in [0.29, 0.717) is 19.6 Å². The summed E-state index contributed by atoms with van der Waals surface area (Å²) in [5.74, 6) is -1.16. The van der Waals surface area contributed by atoms with Crippen LogP contribution in [0.1, 0.15) is 67.7 Å². The molecule has 0 radical (unpaired) electrons. The van der Waals surface area contributed by atoms with Crippen molar-refractivity contribution in [2.24, 2.45) is 11.3 Å². The van der Waals surface area contributed by atoms with Crippen LogP contribution in [0.3, 0.4) is 0 Å². The maximum atomic E-state index is 12.6. The average molecular weight is 328 g/mol. The quantitative estimate of drug-likeness (QED) is 0.407. The fourth-order valence-corrected chi connectivity index (χ4v) is 2.32. The molecule has 1 aliphatic rings. The van der Waals surface area contributed by atoms with Crippen molar-refractivity contribution in [3.63, 3.8) is 0 Å². The lowest BCUT2D eigenvalue weighted by molar-refractivity contribution is -0.178. The van der Waals surface area contributed by atoms with Gasteiger partial charge in [0.2, 0.25) is 0 Å². The number of rotatable bonds is 7. The summed E-state index contributed by atoms with van der Waals surface area (Å²) in [5, 5.41) is 0. The van der Waals surface area contributed by atoms with Crippen LogP contribution in [0, 0.1) is 11.3 Å². The second kappa shape index (κ2) is 7.20. The lowest BCUT2D eigenvalue weighted by Crippen LogP contribution is -2.40. The lowest BCUT2D eigenvalue weighted by Gasteiger charge is -2.27. The SMILES string of the molecule is CCCCOC[C@@H]1CC1(C(=O)OC(C)(C)C)C(=O)OC(C)(C)C. The topological polar surface area (TPSA) is 61.8 Å². The van der Waals surface area contributed by atoms with Crippen molar-refractivity contribution in [1.82, 2.24) is 0 Å². The molecule has 0 aromatic rings. The molecule has 5 nitrogen and oxygen atoms in total. The Morgan fingerprint density at radius 3 is 1.87 bits per heavy atom. The fourth-order valence-electron chi connectivity index (χ4n) is 2.32. The zero-order chi connectivity index (χ0) is 17.9. The van der Waals surface area contributed by atoms with Gasteiger partial charge in [-0.1, -0.05) is 13.3 Å². The van der Waals surface area contributed by atoms with Crippen LogP contribution >= 0.6 is 0 Å². The number of carbonyl (C=O) groups excluding carboxylic acids is 2. The molecule has 1 saturated carbocycles. The van der Waals surface area contributed by atoms with Crippen LogP contribution in [0.5, 0.6) is 0 Å². The molecule has 0 aromatic heterocycles. The first kappa shape index (κ1) is 19.9. The molecular formula is C18H32O5. The minimum absolute atomic E-state index is 0.163. The largest absolute Gasteiger partial charge is 0.459 e. The molecule has 1 aliphatic carbocycles. The van der Waals surface area contributed by atoms with Gasteiger partial charge in [-0.3, -0.25) is 9.59 Å². The maximum Gasteiger partial charge on any atom is 0.324 e. The molecule has 0 unspecified atom stereocenters. The Morgan fingerprint density at radius 2 is 1.48 bits per heavy atom. The van der Waals surface area contributed by atoms with Gasteiger partial charge in [0, 0.05) is 12.5 Å². The summed E-state index contributed by atoms with van der Waals surface area (Å²) in [6.45, 7) is 13.9. The molecular weight excluding hydrogens is 296 g/mol. The van der Waals surface area contributed by atoms with Crippen LogP contribution in [0.25, 0.3) is 0 Å². The van der Waals surface area contributed by atoms with Crippen molar-refractivity contribution >= 4 is 11.9 Å². The highest BCUT2D eigenvalue weighted by molar-refractivity contribution is 6.04. The minimum Gasteiger partial charge on any atom is -0.459 e. The molecule has 0 N–H and O–H groups in total. The van der Waals surface area contributed by atoms with E-state index in [2.05, 4.69) is 6.92 Å². The molecule has 0 spiro atoms. The Labute approximate surface area is 140 Å². The summed E-state index contributed by atoms with van der Waals surface area (Å²) in [7, 11) is 0. The Hall–Kier alpha value is -1.10. The number of carbonyl (C=O) groups is 2. The third kappa shape index (κ3) is 5.79. The van der Waals surface area contributed by atoms with Gasteiger partial charge in [0.1, 0.15) is 11.2 Å². The highest BCUT2D eigenvalue weighted by Crippen LogP contribution is 2.55. The summed E-state index contributed by atoms with van der Waals surface area (Å²) >= 11 is 0. The second-order valence-electron chi connectivity index (χ2n) is 8.30. The highest BCUT2D eigenvalue weighted by atomic mass is 16.6. The molecule has 1 atom stereocenters. The summed E-state index contributed by atoms with van der Waals surface area (Å²) in [6.07, 6.45) is 2.45. The summed E-state index contributed by atoms with van der Waals surface area (Å²) < 4.78 is 16.5. The van der Waals surface area contributed by atoms with Crippen molar-refractivity contribution in [2.45, 2.75) is 78.9 Å². The lowest BCUT2D eigenvalue weighted by atomic mass is 10.0. The van der Waals surface area contributed by atoms with E-state index in [1.165, 1.54) is 0 Å². The van der Waals surface area contributed by atoms with Gasteiger partial charge < -0.3 is 14.2 Å². The van der Waals surface area contributed by atoms with Crippen molar-refractivity contribution in [1.29, 1.82) is 0 Å². The van der Waals surface area contributed by atoms with Gasteiger partial charge in [0.25, 0.3) is 0 Å². The van der Waals surface area contributed by atoms with Gasteiger partial charge in [-0.25, -0.2) is 0 Å². The minimum atomic E-state index is -1.20. The molecule has 1 fully saturated rings. The van der Waals surface area contributed by atoms with Gasteiger partial charge in [-0.15, -0.1) is 0 Å². The van der Waals surface area contributed by atoms with E-state index >= 15 is 0 Å². The second-order valence-corrected chi connectivity index (χ2v) is 8.30. The van der Waals surface area contributed by atoms with E-state index in [4.69, 9.17) is 14.2 Å². The van der Waals surface area contributed by atoms with Crippen LogP contribution in [0.15, 0.2) is 0 Å². The van der Waals surface area contributed by atoms with Crippen molar-refractivity contribution in [2.75, 3.05) is 13.2 Å². The van der Waals surface area contributed by atoms with Crippen molar-refractivity contribution in [3.8, 4) is 0 Å². The predicted octanol–water partition coefficient (Wildman–Crippen LogP) is 3.49. The van der Waals surface area contributed by atoms with Crippen LogP contribution in [-0.4, -0.2) is 36.4 Å². The first-order valence-electron chi connectivity index (χ1n) is 8.47. The number of ether oxygens (including phenoxy) is 3. The number of unbranched alkanes of at least 4 members (excludes halogenated alkanes) is 1. The van der Waals surface area contributed by atoms with Crippen molar-refractivity contribution in [3.05, 3.63) is 0 Å². The van der Waals surface area contributed by atoms with Crippen molar-refractivity contribution < 1.29 is 23.8 Å². The van der Waals surface area contributed by atoms with Crippen LogP contribution in [-0.2, 0) is 23.8 Å². The first-order chi connectivity index (χ1) is 10.4. The van der Waals surface area contributed by atoms with Gasteiger partial charge in [-0.2, -0.15) is 0 Å². The zero-order valence-electron chi connectivity index (χ0n) is 15.7. The van der Waals surface area contributed by atoms with E-state index < -0.39 is 28.6 Å². The van der Waals surface area contributed by atoms with E-state index in [9.17, 15) is 9.59 Å². The summed E-state index contributed by atoms with van der Waals surface area (Å²) in [4.78, 5) is 25.2. The Balaban J connectivity index is 2.79. The molecule has 0 saturated heterocycles. The maximum absolute atomic E-state index is 12.6.